The van der Waals surface area contributed by atoms with Gasteiger partial charge >= 0.3 is 0 Å². The zero-order valence-corrected chi connectivity index (χ0v) is 19.0. The molecule has 164 valence electrons. The van der Waals surface area contributed by atoms with E-state index in [0.717, 1.165) is 28.2 Å². The van der Waals surface area contributed by atoms with Gasteiger partial charge in [-0.05, 0) is 53.5 Å². The molecule has 0 spiro atoms. The predicted octanol–water partition coefficient (Wildman–Crippen LogP) is 4.49. The van der Waals surface area contributed by atoms with Gasteiger partial charge in [0.1, 0.15) is 23.0 Å². The van der Waals surface area contributed by atoms with Crippen molar-refractivity contribution in [3.63, 3.8) is 0 Å². The molecule has 0 saturated carbocycles. The fourth-order valence-electron chi connectivity index (χ4n) is 3.89. The van der Waals surface area contributed by atoms with Crippen LogP contribution in [-0.2, 0) is 6.42 Å². The minimum absolute atomic E-state index is 0.200. The van der Waals surface area contributed by atoms with Crippen molar-refractivity contribution in [2.24, 2.45) is 0 Å². The van der Waals surface area contributed by atoms with E-state index in [2.05, 4.69) is 10.6 Å². The van der Waals surface area contributed by atoms with Crippen molar-refractivity contribution in [2.75, 3.05) is 6.54 Å². The zero-order chi connectivity index (χ0) is 22.7. The summed E-state index contributed by atoms with van der Waals surface area (Å²) >= 11 is 0. The average molecular weight is 423 g/mol. The van der Waals surface area contributed by atoms with Crippen LogP contribution in [0.15, 0.2) is 39.2 Å². The summed E-state index contributed by atoms with van der Waals surface area (Å²) < 4.78 is 11.2. The van der Waals surface area contributed by atoms with E-state index in [1.807, 2.05) is 58.0 Å². The Morgan fingerprint density at radius 1 is 0.774 bits per heavy atom. The summed E-state index contributed by atoms with van der Waals surface area (Å²) in [6, 6.07) is 9.59. The van der Waals surface area contributed by atoms with Gasteiger partial charge in [0.15, 0.2) is 0 Å². The van der Waals surface area contributed by atoms with E-state index in [1.54, 1.807) is 13.8 Å². The Morgan fingerprint density at radius 2 is 1.29 bits per heavy atom. The molecular weight excluding hydrogens is 392 g/mol. The van der Waals surface area contributed by atoms with Gasteiger partial charge in [-0.25, -0.2) is 0 Å². The van der Waals surface area contributed by atoms with Crippen molar-refractivity contribution >= 4 is 11.8 Å². The number of aryl methyl sites for hydroxylation is 4. The van der Waals surface area contributed by atoms with Crippen LogP contribution in [-0.4, -0.2) is 24.4 Å². The van der Waals surface area contributed by atoms with E-state index in [9.17, 15) is 9.59 Å². The molecule has 0 unspecified atom stereocenters. The highest BCUT2D eigenvalue weighted by atomic mass is 16.3. The summed E-state index contributed by atoms with van der Waals surface area (Å²) in [4.78, 5) is 25.9. The van der Waals surface area contributed by atoms with Crippen molar-refractivity contribution < 1.29 is 18.4 Å². The molecule has 1 aromatic carbocycles. The van der Waals surface area contributed by atoms with Gasteiger partial charge in [0, 0.05) is 17.7 Å². The summed E-state index contributed by atoms with van der Waals surface area (Å²) in [6.07, 6.45) is 0.587. The Labute approximate surface area is 183 Å². The lowest BCUT2D eigenvalue weighted by Gasteiger charge is -2.20. The first-order valence-electron chi connectivity index (χ1n) is 10.4. The first-order valence-corrected chi connectivity index (χ1v) is 10.4. The van der Waals surface area contributed by atoms with Crippen LogP contribution in [0.25, 0.3) is 0 Å². The Kier molecular flexibility index (Phi) is 6.68. The number of carbonyl (C=O) groups excluding carboxylic acids is 2. The highest BCUT2D eigenvalue weighted by molar-refractivity contribution is 5.98. The van der Waals surface area contributed by atoms with Crippen LogP contribution >= 0.6 is 0 Å². The Balaban J connectivity index is 1.78. The number of hydrogen-bond acceptors (Lipinski definition) is 4. The predicted molar refractivity (Wildman–Crippen MR) is 120 cm³/mol. The second kappa shape index (κ2) is 9.25. The maximum atomic E-state index is 13.0. The third-order valence-electron chi connectivity index (χ3n) is 5.75. The maximum absolute atomic E-state index is 13.0. The van der Waals surface area contributed by atoms with Crippen LogP contribution < -0.4 is 10.6 Å². The molecule has 0 saturated heterocycles. The minimum atomic E-state index is -0.290. The minimum Gasteiger partial charge on any atom is -0.466 e. The lowest BCUT2D eigenvalue weighted by molar-refractivity contribution is 0.0906. The highest BCUT2D eigenvalue weighted by Gasteiger charge is 2.23. The SMILES string of the molecule is Cc1oc(C)c(C(=O)NC[C@H](Cc2ccccc2)NC(=O)c2c(C)oc(C)c2C)c1C. The summed E-state index contributed by atoms with van der Waals surface area (Å²) in [5, 5.41) is 6.05. The quantitative estimate of drug-likeness (QED) is 0.587. The van der Waals surface area contributed by atoms with E-state index in [0.29, 0.717) is 29.1 Å². The van der Waals surface area contributed by atoms with Crippen molar-refractivity contribution in [3.05, 3.63) is 81.2 Å². The van der Waals surface area contributed by atoms with Crippen LogP contribution in [0.1, 0.15) is 60.4 Å². The van der Waals surface area contributed by atoms with Gasteiger partial charge in [-0.3, -0.25) is 9.59 Å². The molecule has 0 radical (unpaired) electrons. The van der Waals surface area contributed by atoms with Gasteiger partial charge in [-0.1, -0.05) is 30.3 Å². The smallest absolute Gasteiger partial charge is 0.255 e. The molecule has 2 N–H and O–H groups in total. The third-order valence-corrected chi connectivity index (χ3v) is 5.75. The molecule has 31 heavy (non-hydrogen) atoms. The summed E-state index contributed by atoms with van der Waals surface area (Å²) in [7, 11) is 0. The molecule has 6 nitrogen and oxygen atoms in total. The number of furan rings is 2. The third kappa shape index (κ3) is 4.90. The van der Waals surface area contributed by atoms with Crippen molar-refractivity contribution in [2.45, 2.75) is 54.0 Å². The van der Waals surface area contributed by atoms with Crippen LogP contribution in [0.2, 0.25) is 0 Å². The molecule has 3 rings (SSSR count). The number of carbonyl (C=O) groups is 2. The summed E-state index contributed by atoms with van der Waals surface area (Å²) in [6.45, 7) is 11.3. The number of rotatable bonds is 7. The van der Waals surface area contributed by atoms with Crippen molar-refractivity contribution in [1.29, 1.82) is 0 Å². The molecule has 2 amide bonds. The second-order valence-electron chi connectivity index (χ2n) is 8.00. The second-order valence-corrected chi connectivity index (χ2v) is 8.00. The van der Waals surface area contributed by atoms with Gasteiger partial charge in [0.2, 0.25) is 0 Å². The number of amides is 2. The van der Waals surface area contributed by atoms with Gasteiger partial charge in [-0.15, -0.1) is 0 Å². The van der Waals surface area contributed by atoms with Crippen molar-refractivity contribution in [3.8, 4) is 0 Å². The molecule has 0 aliphatic carbocycles. The average Bonchev–Trinajstić information content (AvgIpc) is 3.13. The molecule has 0 aliphatic rings. The lowest BCUT2D eigenvalue weighted by atomic mass is 10.0. The van der Waals surface area contributed by atoms with Gasteiger partial charge in [-0.2, -0.15) is 0 Å². The molecule has 2 heterocycles. The van der Waals surface area contributed by atoms with Crippen LogP contribution in [0.3, 0.4) is 0 Å². The van der Waals surface area contributed by atoms with Gasteiger partial charge in [0.05, 0.1) is 17.2 Å². The fraction of sp³-hybridized carbons (Fsp3) is 0.360. The van der Waals surface area contributed by atoms with E-state index >= 15 is 0 Å². The Hall–Kier alpha value is -3.28. The molecule has 6 heteroatoms. The fourth-order valence-corrected chi connectivity index (χ4v) is 3.89. The zero-order valence-electron chi connectivity index (χ0n) is 19.0. The topological polar surface area (TPSA) is 84.5 Å². The molecule has 1 atom stereocenters. The number of nitrogens with one attached hydrogen (secondary N) is 2. The Bertz CT molecular complexity index is 1090. The monoisotopic (exact) mass is 422 g/mol. The standard InChI is InChI=1S/C25H30N2O4/c1-14-16(3)30-18(5)22(14)24(28)26-13-21(12-20-10-8-7-9-11-20)27-25(29)23-15(2)17(4)31-19(23)6/h7-11,21H,12-13H2,1-6H3,(H,26,28)(H,27,29)/t21-/m0/s1. The lowest BCUT2D eigenvalue weighted by Crippen LogP contribution is -2.45. The summed E-state index contributed by atoms with van der Waals surface area (Å²) in [5.41, 5.74) is 3.85. The normalized spacial score (nSPS) is 11.9. The van der Waals surface area contributed by atoms with E-state index < -0.39 is 0 Å². The van der Waals surface area contributed by atoms with E-state index in [-0.39, 0.29) is 24.4 Å². The van der Waals surface area contributed by atoms with Crippen LogP contribution in [0.5, 0.6) is 0 Å². The van der Waals surface area contributed by atoms with E-state index in [1.165, 1.54) is 0 Å². The van der Waals surface area contributed by atoms with Gasteiger partial charge in [0.25, 0.3) is 11.8 Å². The molecule has 0 bridgehead atoms. The Morgan fingerprint density at radius 3 is 1.77 bits per heavy atom. The molecule has 3 aromatic rings. The van der Waals surface area contributed by atoms with Crippen LogP contribution in [0, 0.1) is 41.5 Å². The molecular formula is C25H30N2O4. The molecule has 0 aliphatic heterocycles. The molecule has 0 fully saturated rings. The first kappa shape index (κ1) is 22.4. The summed E-state index contributed by atoms with van der Waals surface area (Å²) in [5.74, 6) is 2.25. The number of hydrogen-bond donors (Lipinski definition) is 2. The number of benzene rings is 1. The highest BCUT2D eigenvalue weighted by Crippen LogP contribution is 2.22. The largest absolute Gasteiger partial charge is 0.466 e. The van der Waals surface area contributed by atoms with Crippen molar-refractivity contribution in [1.82, 2.24) is 10.6 Å². The van der Waals surface area contributed by atoms with E-state index in [4.69, 9.17) is 8.83 Å². The maximum Gasteiger partial charge on any atom is 0.255 e. The molecule has 2 aromatic heterocycles. The van der Waals surface area contributed by atoms with Crippen LogP contribution in [0.4, 0.5) is 0 Å². The van der Waals surface area contributed by atoms with Gasteiger partial charge < -0.3 is 19.5 Å². The first-order chi connectivity index (χ1) is 14.7.